The van der Waals surface area contributed by atoms with Gasteiger partial charge in [-0.2, -0.15) is 0 Å². The van der Waals surface area contributed by atoms with E-state index in [1.165, 1.54) is 31.5 Å². The maximum Gasteiger partial charge on any atom is 0.0653 e. The van der Waals surface area contributed by atoms with Crippen LogP contribution in [0.2, 0.25) is 18.1 Å². The van der Waals surface area contributed by atoms with Gasteiger partial charge in [0.05, 0.1) is 8.07 Å². The van der Waals surface area contributed by atoms with Gasteiger partial charge in [-0.3, -0.25) is 0 Å². The number of likely N-dealkylation sites (tertiary alicyclic amines) is 1. The van der Waals surface area contributed by atoms with Gasteiger partial charge in [0.1, 0.15) is 0 Å². The molecule has 1 aliphatic heterocycles. The van der Waals surface area contributed by atoms with E-state index in [0.717, 1.165) is 0 Å². The lowest BCUT2D eigenvalue weighted by molar-refractivity contribution is 0.491. The van der Waals surface area contributed by atoms with Gasteiger partial charge in [-0.1, -0.05) is 58.1 Å². The van der Waals surface area contributed by atoms with Gasteiger partial charge in [0.15, 0.2) is 0 Å². The summed E-state index contributed by atoms with van der Waals surface area (Å²) >= 11 is 0. The van der Waals surface area contributed by atoms with E-state index in [-0.39, 0.29) is 0 Å². The molecular weight excluding hydrogens is 282 g/mol. The fourth-order valence-corrected chi connectivity index (χ4v) is 7.38. The van der Waals surface area contributed by atoms with Crippen molar-refractivity contribution < 1.29 is 0 Å². The van der Waals surface area contributed by atoms with Crippen LogP contribution in [0.1, 0.15) is 57.2 Å². The third kappa shape index (κ3) is 2.27. The van der Waals surface area contributed by atoms with Crippen LogP contribution in [-0.4, -0.2) is 26.1 Å². The summed E-state index contributed by atoms with van der Waals surface area (Å²) in [4.78, 5) is 2.65. The van der Waals surface area contributed by atoms with Crippen LogP contribution in [0, 0.1) is 0 Å². The summed E-state index contributed by atoms with van der Waals surface area (Å²) in [5.74, 6) is 0. The number of allylic oxidation sites excluding steroid dienone is 1. The Balaban J connectivity index is 2.15. The lowest BCUT2D eigenvalue weighted by Gasteiger charge is -2.43. The molecule has 0 N–H and O–H groups in total. The summed E-state index contributed by atoms with van der Waals surface area (Å²) < 4.78 is 0. The molecule has 1 heterocycles. The van der Waals surface area contributed by atoms with Crippen LogP contribution < -0.4 is 0 Å². The first-order valence-corrected chi connectivity index (χ1v) is 11.9. The molecule has 3 rings (SSSR count). The van der Waals surface area contributed by atoms with Crippen molar-refractivity contribution in [1.29, 1.82) is 0 Å². The van der Waals surface area contributed by atoms with Gasteiger partial charge in [0.2, 0.25) is 0 Å². The fraction of sp³-hybridized carbons (Fsp3) is 0.600. The smallest absolute Gasteiger partial charge is 0.0653 e. The average Bonchev–Trinajstić information content (AvgIpc) is 3.01. The average molecular weight is 314 g/mol. The van der Waals surface area contributed by atoms with Crippen molar-refractivity contribution in [2.45, 2.75) is 64.2 Å². The summed E-state index contributed by atoms with van der Waals surface area (Å²) in [5.41, 5.74) is 7.02. The second kappa shape index (κ2) is 5.26. The SMILES string of the molecule is CC1=C(N2CCCC2)c2ccccc2C1[Si](C)(C)C(C)(C)C. The molecule has 0 spiro atoms. The van der Waals surface area contributed by atoms with E-state index in [1.807, 2.05) is 0 Å². The standard InChI is InChI=1S/C20H31NSi/c1-15-18(21-13-9-10-14-21)16-11-7-8-12-17(16)19(15)22(5,6)20(2,3)4/h7-8,11-12,19H,9-10,13-14H2,1-6H3. The van der Waals surface area contributed by atoms with E-state index < -0.39 is 8.07 Å². The fourth-order valence-electron chi connectivity index (χ4n) is 4.27. The number of nitrogens with zero attached hydrogens (tertiary/aromatic N) is 1. The molecule has 1 unspecified atom stereocenters. The van der Waals surface area contributed by atoms with E-state index in [0.29, 0.717) is 10.6 Å². The number of rotatable bonds is 2. The molecule has 2 aliphatic rings. The largest absolute Gasteiger partial charge is 0.371 e. The Labute approximate surface area is 137 Å². The van der Waals surface area contributed by atoms with E-state index in [9.17, 15) is 0 Å². The van der Waals surface area contributed by atoms with Crippen molar-refractivity contribution in [1.82, 2.24) is 4.90 Å². The summed E-state index contributed by atoms with van der Waals surface area (Å²) in [5, 5.41) is 0.409. The minimum absolute atomic E-state index is 0.409. The topological polar surface area (TPSA) is 3.24 Å². The van der Waals surface area contributed by atoms with Crippen LogP contribution in [-0.2, 0) is 0 Å². The Bertz CT molecular complexity index is 600. The zero-order valence-corrected chi connectivity index (χ0v) is 16.2. The Hall–Kier alpha value is -1.02. The van der Waals surface area contributed by atoms with E-state index in [1.54, 1.807) is 16.8 Å². The quantitative estimate of drug-likeness (QED) is 0.637. The maximum atomic E-state index is 2.65. The van der Waals surface area contributed by atoms with Crippen molar-refractivity contribution in [3.63, 3.8) is 0 Å². The Kier molecular flexibility index (Phi) is 3.79. The van der Waals surface area contributed by atoms with E-state index >= 15 is 0 Å². The second-order valence-electron chi connectivity index (χ2n) is 8.72. The van der Waals surface area contributed by atoms with Crippen LogP contribution in [0.25, 0.3) is 5.70 Å². The Morgan fingerprint density at radius 3 is 2.23 bits per heavy atom. The molecule has 1 atom stereocenters. The van der Waals surface area contributed by atoms with E-state index in [2.05, 4.69) is 70.0 Å². The summed E-state index contributed by atoms with van der Waals surface area (Å²) in [7, 11) is -1.46. The van der Waals surface area contributed by atoms with Gasteiger partial charge in [0.25, 0.3) is 0 Å². The minimum atomic E-state index is -1.46. The van der Waals surface area contributed by atoms with Crippen LogP contribution in [0.4, 0.5) is 0 Å². The molecule has 0 bridgehead atoms. The third-order valence-electron chi connectivity index (χ3n) is 6.41. The zero-order chi connectivity index (χ0) is 16.1. The molecule has 1 saturated heterocycles. The van der Waals surface area contributed by atoms with Gasteiger partial charge >= 0.3 is 0 Å². The monoisotopic (exact) mass is 313 g/mol. The van der Waals surface area contributed by atoms with Crippen molar-refractivity contribution in [2.75, 3.05) is 13.1 Å². The van der Waals surface area contributed by atoms with Crippen molar-refractivity contribution >= 4 is 13.8 Å². The van der Waals surface area contributed by atoms with Crippen molar-refractivity contribution in [3.8, 4) is 0 Å². The number of fused-ring (bicyclic) bond motifs is 1. The highest BCUT2D eigenvalue weighted by Crippen LogP contribution is 2.54. The molecule has 2 heteroatoms. The summed E-state index contributed by atoms with van der Waals surface area (Å²) in [6, 6.07) is 9.21. The van der Waals surface area contributed by atoms with Gasteiger partial charge in [0, 0.05) is 29.9 Å². The number of benzene rings is 1. The first-order chi connectivity index (χ1) is 10.2. The molecular formula is C20H31NSi. The minimum Gasteiger partial charge on any atom is -0.371 e. The molecule has 0 amide bonds. The first-order valence-electron chi connectivity index (χ1n) is 8.80. The highest BCUT2D eigenvalue weighted by Gasteiger charge is 2.47. The van der Waals surface area contributed by atoms with Gasteiger partial charge in [-0.15, -0.1) is 0 Å². The van der Waals surface area contributed by atoms with E-state index in [4.69, 9.17) is 0 Å². The van der Waals surface area contributed by atoms with Crippen LogP contribution in [0.3, 0.4) is 0 Å². The summed E-state index contributed by atoms with van der Waals surface area (Å²) in [6.07, 6.45) is 2.70. The van der Waals surface area contributed by atoms with Crippen molar-refractivity contribution in [2.24, 2.45) is 0 Å². The molecule has 0 aromatic heterocycles. The van der Waals surface area contributed by atoms with Crippen molar-refractivity contribution in [3.05, 3.63) is 41.0 Å². The maximum absolute atomic E-state index is 2.65. The molecule has 1 aromatic rings. The second-order valence-corrected chi connectivity index (χ2v) is 14.2. The molecule has 0 radical (unpaired) electrons. The lowest BCUT2D eigenvalue weighted by Crippen LogP contribution is -2.44. The molecule has 1 nitrogen and oxygen atoms in total. The number of hydrogen-bond acceptors (Lipinski definition) is 1. The predicted molar refractivity (Wildman–Crippen MR) is 99.8 cm³/mol. The van der Waals surface area contributed by atoms with Crippen LogP contribution in [0.15, 0.2) is 29.8 Å². The normalized spacial score (nSPS) is 22.5. The highest BCUT2D eigenvalue weighted by molar-refractivity contribution is 6.82. The summed E-state index contributed by atoms with van der Waals surface area (Å²) in [6.45, 7) is 17.4. The highest BCUT2D eigenvalue weighted by atomic mass is 28.3. The molecule has 0 saturated carbocycles. The molecule has 1 aliphatic carbocycles. The van der Waals surface area contributed by atoms with Crippen LogP contribution in [0.5, 0.6) is 0 Å². The zero-order valence-electron chi connectivity index (χ0n) is 15.2. The van der Waals surface area contributed by atoms with Crippen LogP contribution >= 0.6 is 0 Å². The number of hydrogen-bond donors (Lipinski definition) is 0. The Morgan fingerprint density at radius 1 is 1.05 bits per heavy atom. The van der Waals surface area contributed by atoms with Gasteiger partial charge < -0.3 is 4.90 Å². The third-order valence-corrected chi connectivity index (χ3v) is 12.5. The Morgan fingerprint density at radius 2 is 1.64 bits per heavy atom. The molecule has 22 heavy (non-hydrogen) atoms. The predicted octanol–water partition coefficient (Wildman–Crippen LogP) is 5.66. The first kappa shape index (κ1) is 15.9. The van der Waals surface area contributed by atoms with Gasteiger partial charge in [-0.05, 0) is 35.9 Å². The van der Waals surface area contributed by atoms with Gasteiger partial charge in [-0.25, -0.2) is 0 Å². The molecule has 120 valence electrons. The molecule has 1 fully saturated rings. The lowest BCUT2D eigenvalue weighted by atomic mass is 10.1. The molecule has 1 aromatic carbocycles.